The molecule has 22 heavy (non-hydrogen) atoms. The van der Waals surface area contributed by atoms with Crippen molar-refractivity contribution in [1.82, 2.24) is 0 Å². The number of allylic oxidation sites excluding steroid dienone is 2. The summed E-state index contributed by atoms with van der Waals surface area (Å²) in [7, 11) is 0. The summed E-state index contributed by atoms with van der Waals surface area (Å²) in [5, 5.41) is 8.54. The molecule has 1 rings (SSSR count). The van der Waals surface area contributed by atoms with E-state index < -0.39 is 5.97 Å². The zero-order valence-electron chi connectivity index (χ0n) is 14.4. The molecular weight excluding hydrogens is 272 g/mol. The number of unbranched alkanes of at least 4 members (excludes halogenated alkanes) is 11. The molecule has 1 unspecified atom stereocenters. The lowest BCUT2D eigenvalue weighted by atomic mass is 9.99. The maximum atomic E-state index is 10.4. The van der Waals surface area contributed by atoms with E-state index in [2.05, 4.69) is 12.2 Å². The molecule has 0 aromatic rings. The number of hydrogen-bond donors (Lipinski definition) is 1. The Morgan fingerprint density at radius 2 is 1.32 bits per heavy atom. The molecule has 0 amide bonds. The molecular formula is C20H36O2. The molecule has 0 fully saturated rings. The molecule has 1 aliphatic rings. The van der Waals surface area contributed by atoms with Gasteiger partial charge < -0.3 is 5.11 Å². The van der Waals surface area contributed by atoms with Crippen molar-refractivity contribution in [2.75, 3.05) is 0 Å². The van der Waals surface area contributed by atoms with Gasteiger partial charge in [0.25, 0.3) is 0 Å². The van der Waals surface area contributed by atoms with Crippen LogP contribution < -0.4 is 0 Å². The number of carbonyl (C=O) groups is 1. The van der Waals surface area contributed by atoms with Gasteiger partial charge in [-0.25, -0.2) is 0 Å². The first-order valence-electron chi connectivity index (χ1n) is 9.67. The second-order valence-corrected chi connectivity index (χ2v) is 6.94. The highest BCUT2D eigenvalue weighted by Gasteiger charge is 2.07. The Hall–Kier alpha value is -0.790. The number of rotatable bonds is 15. The van der Waals surface area contributed by atoms with E-state index in [0.717, 1.165) is 18.8 Å². The van der Waals surface area contributed by atoms with E-state index in [1.165, 1.54) is 83.5 Å². The van der Waals surface area contributed by atoms with Gasteiger partial charge in [0.05, 0.1) is 0 Å². The van der Waals surface area contributed by atoms with Gasteiger partial charge in [-0.1, -0.05) is 82.8 Å². The number of carboxylic acid groups (broad SMARTS) is 1. The van der Waals surface area contributed by atoms with E-state index in [0.29, 0.717) is 6.42 Å². The normalized spacial score (nSPS) is 17.2. The van der Waals surface area contributed by atoms with Gasteiger partial charge in [-0.05, 0) is 31.6 Å². The highest BCUT2D eigenvalue weighted by atomic mass is 16.4. The summed E-state index contributed by atoms with van der Waals surface area (Å²) >= 11 is 0. The maximum Gasteiger partial charge on any atom is 0.303 e. The minimum atomic E-state index is -0.653. The van der Waals surface area contributed by atoms with Gasteiger partial charge in [0.1, 0.15) is 0 Å². The van der Waals surface area contributed by atoms with Gasteiger partial charge in [0.15, 0.2) is 0 Å². The summed E-state index contributed by atoms with van der Waals surface area (Å²) in [5.41, 5.74) is 0. The van der Waals surface area contributed by atoms with E-state index in [4.69, 9.17) is 5.11 Å². The van der Waals surface area contributed by atoms with Crippen LogP contribution in [0.25, 0.3) is 0 Å². The third-order valence-corrected chi connectivity index (χ3v) is 4.83. The number of carboxylic acids is 1. The fourth-order valence-corrected chi connectivity index (χ4v) is 3.39. The van der Waals surface area contributed by atoms with Crippen molar-refractivity contribution < 1.29 is 9.90 Å². The van der Waals surface area contributed by atoms with Crippen LogP contribution in [0.15, 0.2) is 12.2 Å². The lowest BCUT2D eigenvalue weighted by Crippen LogP contribution is -1.93. The Morgan fingerprint density at radius 1 is 0.818 bits per heavy atom. The molecule has 0 aromatic carbocycles. The average molecular weight is 309 g/mol. The number of aliphatic carboxylic acids is 1. The molecule has 2 heteroatoms. The van der Waals surface area contributed by atoms with Crippen molar-refractivity contribution in [3.63, 3.8) is 0 Å². The van der Waals surface area contributed by atoms with Crippen molar-refractivity contribution >= 4 is 5.97 Å². The minimum absolute atomic E-state index is 0.344. The molecule has 1 aliphatic carbocycles. The summed E-state index contributed by atoms with van der Waals surface area (Å²) < 4.78 is 0. The van der Waals surface area contributed by atoms with Crippen molar-refractivity contribution in [2.45, 2.75) is 103 Å². The molecule has 1 atom stereocenters. The molecule has 128 valence electrons. The van der Waals surface area contributed by atoms with E-state index in [9.17, 15) is 4.79 Å². The second-order valence-electron chi connectivity index (χ2n) is 6.94. The predicted octanol–water partition coefficient (Wildman–Crippen LogP) is 6.50. The molecule has 0 saturated heterocycles. The fourth-order valence-electron chi connectivity index (χ4n) is 3.39. The lowest BCUT2D eigenvalue weighted by Gasteiger charge is -2.06. The summed E-state index contributed by atoms with van der Waals surface area (Å²) in [5.74, 6) is 0.246. The zero-order chi connectivity index (χ0) is 15.9. The Kier molecular flexibility index (Phi) is 12.1. The monoisotopic (exact) mass is 308 g/mol. The highest BCUT2D eigenvalue weighted by molar-refractivity contribution is 5.66. The molecule has 1 N–H and O–H groups in total. The van der Waals surface area contributed by atoms with Crippen LogP contribution in [0.1, 0.15) is 103 Å². The van der Waals surface area contributed by atoms with Gasteiger partial charge in [0.2, 0.25) is 0 Å². The van der Waals surface area contributed by atoms with Crippen LogP contribution in [-0.4, -0.2) is 11.1 Å². The van der Waals surface area contributed by atoms with Crippen LogP contribution in [0, 0.1) is 5.92 Å². The molecule has 0 radical (unpaired) electrons. The van der Waals surface area contributed by atoms with Crippen molar-refractivity contribution in [3.05, 3.63) is 12.2 Å². The standard InChI is InChI=1S/C20H36O2/c21-20(22)18-12-10-8-6-4-2-1-3-5-7-9-11-15-19-16-13-14-17-19/h13,16,19H,1-12,14-15,17-18H2,(H,21,22). The van der Waals surface area contributed by atoms with Gasteiger partial charge >= 0.3 is 5.97 Å². The topological polar surface area (TPSA) is 37.3 Å². The Balaban J connectivity index is 1.67. The Morgan fingerprint density at radius 3 is 1.77 bits per heavy atom. The predicted molar refractivity (Wildman–Crippen MR) is 94.1 cm³/mol. The number of hydrogen-bond acceptors (Lipinski definition) is 1. The second kappa shape index (κ2) is 13.8. The van der Waals surface area contributed by atoms with E-state index in [1.807, 2.05) is 0 Å². The van der Waals surface area contributed by atoms with Crippen molar-refractivity contribution in [1.29, 1.82) is 0 Å². The van der Waals surface area contributed by atoms with Crippen molar-refractivity contribution in [2.24, 2.45) is 5.92 Å². The highest BCUT2D eigenvalue weighted by Crippen LogP contribution is 2.23. The van der Waals surface area contributed by atoms with Gasteiger partial charge in [-0.15, -0.1) is 0 Å². The molecule has 0 saturated carbocycles. The largest absolute Gasteiger partial charge is 0.481 e. The minimum Gasteiger partial charge on any atom is -0.481 e. The first kappa shape index (κ1) is 19.3. The van der Waals surface area contributed by atoms with Gasteiger partial charge in [0, 0.05) is 6.42 Å². The molecule has 0 spiro atoms. The van der Waals surface area contributed by atoms with Crippen LogP contribution in [-0.2, 0) is 4.79 Å². The van der Waals surface area contributed by atoms with Crippen LogP contribution >= 0.6 is 0 Å². The first-order chi connectivity index (χ1) is 10.8. The molecule has 2 nitrogen and oxygen atoms in total. The van der Waals surface area contributed by atoms with Gasteiger partial charge in [-0.3, -0.25) is 4.79 Å². The Labute approximate surface area is 137 Å². The van der Waals surface area contributed by atoms with E-state index >= 15 is 0 Å². The zero-order valence-corrected chi connectivity index (χ0v) is 14.4. The Bertz CT molecular complexity index is 296. The SMILES string of the molecule is O=C(O)CCCCCCCCCCCCCCC1C=CCC1. The van der Waals surface area contributed by atoms with Crippen molar-refractivity contribution in [3.8, 4) is 0 Å². The molecule has 0 aromatic heterocycles. The van der Waals surface area contributed by atoms with E-state index in [1.54, 1.807) is 0 Å². The summed E-state index contributed by atoms with van der Waals surface area (Å²) in [4.78, 5) is 10.4. The third-order valence-electron chi connectivity index (χ3n) is 4.83. The van der Waals surface area contributed by atoms with E-state index in [-0.39, 0.29) is 0 Å². The van der Waals surface area contributed by atoms with Gasteiger partial charge in [-0.2, -0.15) is 0 Å². The summed E-state index contributed by atoms with van der Waals surface area (Å²) in [6.07, 6.45) is 24.8. The van der Waals surface area contributed by atoms with Crippen LogP contribution in [0.2, 0.25) is 0 Å². The fraction of sp³-hybridized carbons (Fsp3) is 0.850. The average Bonchev–Trinajstić information content (AvgIpc) is 3.00. The van der Waals surface area contributed by atoms with Crippen LogP contribution in [0.5, 0.6) is 0 Å². The molecule has 0 heterocycles. The first-order valence-corrected chi connectivity index (χ1v) is 9.67. The smallest absolute Gasteiger partial charge is 0.303 e. The summed E-state index contributed by atoms with van der Waals surface area (Å²) in [6.45, 7) is 0. The molecule has 0 bridgehead atoms. The van der Waals surface area contributed by atoms with Crippen LogP contribution in [0.4, 0.5) is 0 Å². The lowest BCUT2D eigenvalue weighted by molar-refractivity contribution is -0.137. The maximum absolute atomic E-state index is 10.4. The summed E-state index contributed by atoms with van der Waals surface area (Å²) in [6, 6.07) is 0. The third kappa shape index (κ3) is 11.8. The molecule has 0 aliphatic heterocycles. The van der Waals surface area contributed by atoms with Crippen LogP contribution in [0.3, 0.4) is 0 Å². The quantitative estimate of drug-likeness (QED) is 0.277.